The Hall–Kier alpha value is -3.09. The monoisotopic (exact) mass is 358 g/mol. The highest BCUT2D eigenvalue weighted by molar-refractivity contribution is 5.94. The second-order valence-electron chi connectivity index (χ2n) is 5.79. The first-order valence-electron chi connectivity index (χ1n) is 8.35. The Morgan fingerprint density at radius 2 is 2.00 bits per heavy atom. The van der Waals surface area contributed by atoms with E-state index in [2.05, 4.69) is 5.32 Å². The number of amides is 2. The smallest absolute Gasteiger partial charge is 0.409 e. The Kier molecular flexibility index (Phi) is 5.68. The summed E-state index contributed by atoms with van der Waals surface area (Å²) in [5.74, 6) is 0.328. The van der Waals surface area contributed by atoms with Gasteiger partial charge in [-0.25, -0.2) is 9.18 Å². The molecule has 1 aliphatic rings. The van der Waals surface area contributed by atoms with E-state index in [1.807, 2.05) is 0 Å². The van der Waals surface area contributed by atoms with Crippen LogP contribution in [0.5, 0.6) is 11.5 Å². The largest absolute Gasteiger partial charge is 0.457 e. The van der Waals surface area contributed by atoms with Crippen molar-refractivity contribution in [2.75, 3.05) is 26.2 Å². The van der Waals surface area contributed by atoms with Gasteiger partial charge >= 0.3 is 6.09 Å². The molecule has 1 saturated heterocycles. The summed E-state index contributed by atoms with van der Waals surface area (Å²) in [7, 11) is 0. The van der Waals surface area contributed by atoms with Crippen molar-refractivity contribution in [3.8, 4) is 11.5 Å². The molecule has 0 aliphatic carbocycles. The van der Waals surface area contributed by atoms with Gasteiger partial charge in [-0.15, -0.1) is 0 Å². The Balaban J connectivity index is 1.45. The number of cyclic esters (lactones) is 1. The van der Waals surface area contributed by atoms with Gasteiger partial charge in [-0.1, -0.05) is 6.07 Å². The second kappa shape index (κ2) is 8.33. The fourth-order valence-electron chi connectivity index (χ4n) is 2.54. The number of carbonyl (C=O) groups excluding carboxylic acids is 2. The van der Waals surface area contributed by atoms with Gasteiger partial charge in [0.05, 0.1) is 6.54 Å². The molecule has 1 fully saturated rings. The zero-order valence-corrected chi connectivity index (χ0v) is 14.1. The number of rotatable bonds is 7. The Morgan fingerprint density at radius 3 is 2.69 bits per heavy atom. The first kappa shape index (κ1) is 17.7. The van der Waals surface area contributed by atoms with Crippen LogP contribution < -0.4 is 10.1 Å². The molecule has 0 atom stereocenters. The van der Waals surface area contributed by atoms with Crippen LogP contribution in [0, 0.1) is 5.82 Å². The summed E-state index contributed by atoms with van der Waals surface area (Å²) in [5.41, 5.74) is 0.497. The summed E-state index contributed by atoms with van der Waals surface area (Å²) in [6.07, 6.45) is 0.354. The van der Waals surface area contributed by atoms with E-state index in [0.29, 0.717) is 49.7 Å². The van der Waals surface area contributed by atoms with Gasteiger partial charge in [-0.2, -0.15) is 0 Å². The maximum absolute atomic E-state index is 13.1. The molecule has 0 saturated carbocycles. The van der Waals surface area contributed by atoms with Gasteiger partial charge in [0.1, 0.15) is 23.9 Å². The molecule has 1 heterocycles. The van der Waals surface area contributed by atoms with Crippen LogP contribution >= 0.6 is 0 Å². The number of nitrogens with one attached hydrogen (secondary N) is 1. The molecule has 6 nitrogen and oxygen atoms in total. The first-order valence-corrected chi connectivity index (χ1v) is 8.35. The third kappa shape index (κ3) is 4.72. The highest BCUT2D eigenvalue weighted by Crippen LogP contribution is 2.22. The van der Waals surface area contributed by atoms with E-state index in [1.165, 1.54) is 12.1 Å². The van der Waals surface area contributed by atoms with E-state index >= 15 is 0 Å². The van der Waals surface area contributed by atoms with Crippen LogP contribution in [-0.2, 0) is 4.74 Å². The van der Waals surface area contributed by atoms with Crippen molar-refractivity contribution in [2.45, 2.75) is 6.42 Å². The molecule has 2 amide bonds. The van der Waals surface area contributed by atoms with Crippen LogP contribution in [0.15, 0.2) is 48.5 Å². The number of halogens is 1. The molecule has 3 rings (SSSR count). The average molecular weight is 358 g/mol. The molecule has 7 heteroatoms. The standard InChI is InChI=1S/C19H19FN2O4/c20-15-3-1-4-17(13-15)26-16-7-5-14(6-8-16)18(23)21-9-2-10-22-11-12-25-19(22)24/h1,3-8,13H,2,9-12H2,(H,21,23). The minimum Gasteiger partial charge on any atom is -0.457 e. The van der Waals surface area contributed by atoms with Gasteiger partial charge in [0, 0.05) is 24.7 Å². The number of hydrogen-bond acceptors (Lipinski definition) is 4. The predicted molar refractivity (Wildman–Crippen MR) is 92.8 cm³/mol. The molecule has 0 bridgehead atoms. The second-order valence-corrected chi connectivity index (χ2v) is 5.79. The lowest BCUT2D eigenvalue weighted by molar-refractivity contribution is 0.0952. The molecule has 1 aliphatic heterocycles. The van der Waals surface area contributed by atoms with Gasteiger partial charge in [0.2, 0.25) is 0 Å². The number of carbonyl (C=O) groups is 2. The highest BCUT2D eigenvalue weighted by Gasteiger charge is 2.20. The summed E-state index contributed by atoms with van der Waals surface area (Å²) in [4.78, 5) is 25.0. The minimum atomic E-state index is -0.374. The maximum Gasteiger partial charge on any atom is 0.409 e. The number of nitrogens with zero attached hydrogens (tertiary/aromatic N) is 1. The van der Waals surface area contributed by atoms with Crippen molar-refractivity contribution in [2.24, 2.45) is 0 Å². The molecule has 1 N–H and O–H groups in total. The van der Waals surface area contributed by atoms with Crippen LogP contribution in [0.1, 0.15) is 16.8 Å². The number of hydrogen-bond donors (Lipinski definition) is 1. The van der Waals surface area contributed by atoms with E-state index in [-0.39, 0.29) is 17.8 Å². The molecule has 2 aromatic rings. The van der Waals surface area contributed by atoms with Gasteiger partial charge in [0.25, 0.3) is 5.91 Å². The molecule has 136 valence electrons. The van der Waals surface area contributed by atoms with Crippen LogP contribution in [0.25, 0.3) is 0 Å². The third-order valence-corrected chi connectivity index (χ3v) is 3.88. The van der Waals surface area contributed by atoms with Crippen LogP contribution in [0.2, 0.25) is 0 Å². The van der Waals surface area contributed by atoms with Gasteiger partial charge < -0.3 is 19.7 Å². The van der Waals surface area contributed by atoms with Crippen molar-refractivity contribution in [1.82, 2.24) is 10.2 Å². The van der Waals surface area contributed by atoms with Crippen LogP contribution in [-0.4, -0.2) is 43.1 Å². The zero-order valence-electron chi connectivity index (χ0n) is 14.1. The van der Waals surface area contributed by atoms with Crippen molar-refractivity contribution in [1.29, 1.82) is 0 Å². The predicted octanol–water partition coefficient (Wildman–Crippen LogP) is 3.19. The van der Waals surface area contributed by atoms with Crippen molar-refractivity contribution >= 4 is 12.0 Å². The van der Waals surface area contributed by atoms with E-state index < -0.39 is 0 Å². The van der Waals surface area contributed by atoms with Crippen molar-refractivity contribution in [3.05, 3.63) is 59.9 Å². The van der Waals surface area contributed by atoms with E-state index in [0.717, 1.165) is 0 Å². The average Bonchev–Trinajstić information content (AvgIpc) is 3.04. The normalized spacial score (nSPS) is 13.4. The van der Waals surface area contributed by atoms with E-state index in [1.54, 1.807) is 41.3 Å². The maximum atomic E-state index is 13.1. The van der Waals surface area contributed by atoms with E-state index in [4.69, 9.17) is 9.47 Å². The molecule has 26 heavy (non-hydrogen) atoms. The Labute approximate surface area is 150 Å². The van der Waals surface area contributed by atoms with Crippen molar-refractivity contribution in [3.63, 3.8) is 0 Å². The lowest BCUT2D eigenvalue weighted by Gasteiger charge is -2.12. The summed E-state index contributed by atoms with van der Waals surface area (Å²) < 4.78 is 23.5. The Bertz CT molecular complexity index is 779. The molecule has 2 aromatic carbocycles. The molecule has 0 radical (unpaired) electrons. The molecule has 0 unspecified atom stereocenters. The van der Waals surface area contributed by atoms with E-state index in [9.17, 15) is 14.0 Å². The third-order valence-electron chi connectivity index (χ3n) is 3.88. The number of ether oxygens (including phenoxy) is 2. The minimum absolute atomic E-state index is 0.202. The van der Waals surface area contributed by atoms with Gasteiger partial charge in [0.15, 0.2) is 0 Å². The lowest BCUT2D eigenvalue weighted by atomic mass is 10.2. The Morgan fingerprint density at radius 1 is 1.19 bits per heavy atom. The first-order chi connectivity index (χ1) is 12.6. The van der Waals surface area contributed by atoms with Crippen LogP contribution in [0.3, 0.4) is 0 Å². The van der Waals surface area contributed by atoms with Crippen molar-refractivity contribution < 1.29 is 23.5 Å². The molecule has 0 aromatic heterocycles. The lowest BCUT2D eigenvalue weighted by Crippen LogP contribution is -2.30. The number of benzene rings is 2. The summed E-state index contributed by atoms with van der Waals surface area (Å²) in [6.45, 7) is 2.04. The van der Waals surface area contributed by atoms with Gasteiger partial charge in [-0.3, -0.25) is 4.79 Å². The molecule has 0 spiro atoms. The topological polar surface area (TPSA) is 67.9 Å². The summed E-state index contributed by atoms with van der Waals surface area (Å²) >= 11 is 0. The highest BCUT2D eigenvalue weighted by atomic mass is 19.1. The molecular formula is C19H19FN2O4. The SMILES string of the molecule is O=C(NCCCN1CCOC1=O)c1ccc(Oc2cccc(F)c2)cc1. The summed E-state index contributed by atoms with van der Waals surface area (Å²) in [5, 5.41) is 2.81. The molecular weight excluding hydrogens is 339 g/mol. The quantitative estimate of drug-likeness (QED) is 0.772. The van der Waals surface area contributed by atoms with Crippen LogP contribution in [0.4, 0.5) is 9.18 Å². The zero-order chi connectivity index (χ0) is 18.4. The summed E-state index contributed by atoms with van der Waals surface area (Å²) in [6, 6.07) is 12.4. The van der Waals surface area contributed by atoms with Gasteiger partial charge in [-0.05, 0) is 42.8 Å². The fraction of sp³-hybridized carbons (Fsp3) is 0.263. The fourth-order valence-corrected chi connectivity index (χ4v) is 2.54.